The van der Waals surface area contributed by atoms with E-state index < -0.39 is 0 Å². The summed E-state index contributed by atoms with van der Waals surface area (Å²) in [5.41, 5.74) is 2.50. The van der Waals surface area contributed by atoms with E-state index >= 15 is 0 Å². The Bertz CT molecular complexity index is 549. The predicted molar refractivity (Wildman–Crippen MR) is 99.5 cm³/mol. The molecule has 1 aliphatic heterocycles. The Hall–Kier alpha value is -1.43. The molecule has 0 radical (unpaired) electrons. The standard InChI is InChI=1S/C20H31N3O2/c1-16-3-5-17(6-4-16)20(18-7-8-18)21-19(24)15-23-11-9-22(10-12-23)13-14-25-2/h3-6,18,20H,7-15H2,1-2H3,(H,21,24). The van der Waals surface area contributed by atoms with Crippen molar-refractivity contribution in [3.8, 4) is 0 Å². The maximum atomic E-state index is 12.6. The van der Waals surface area contributed by atoms with E-state index in [1.807, 2.05) is 0 Å². The molecule has 1 N–H and O–H groups in total. The van der Waals surface area contributed by atoms with E-state index in [4.69, 9.17) is 4.74 Å². The first-order valence-electron chi connectivity index (χ1n) is 9.45. The van der Waals surface area contributed by atoms with E-state index in [1.54, 1.807) is 7.11 Å². The summed E-state index contributed by atoms with van der Waals surface area (Å²) in [5.74, 6) is 0.764. The molecular weight excluding hydrogens is 314 g/mol. The third kappa shape index (κ3) is 5.53. The maximum Gasteiger partial charge on any atom is 0.234 e. The number of carbonyl (C=O) groups is 1. The average Bonchev–Trinajstić information content (AvgIpc) is 3.45. The van der Waals surface area contributed by atoms with Gasteiger partial charge in [0.25, 0.3) is 0 Å². The van der Waals surface area contributed by atoms with Crippen molar-refractivity contribution in [2.45, 2.75) is 25.8 Å². The van der Waals surface area contributed by atoms with Crippen molar-refractivity contribution in [1.29, 1.82) is 0 Å². The van der Waals surface area contributed by atoms with E-state index in [9.17, 15) is 4.79 Å². The molecule has 1 unspecified atom stereocenters. The van der Waals surface area contributed by atoms with Gasteiger partial charge in [-0.05, 0) is 31.2 Å². The number of nitrogens with zero attached hydrogens (tertiary/aromatic N) is 2. The number of nitrogens with one attached hydrogen (secondary N) is 1. The number of amides is 1. The first-order valence-corrected chi connectivity index (χ1v) is 9.45. The van der Waals surface area contributed by atoms with Crippen LogP contribution in [-0.4, -0.2) is 68.7 Å². The lowest BCUT2D eigenvalue weighted by Gasteiger charge is -2.34. The summed E-state index contributed by atoms with van der Waals surface area (Å²) < 4.78 is 5.14. The molecule has 3 rings (SSSR count). The summed E-state index contributed by atoms with van der Waals surface area (Å²) in [5, 5.41) is 3.29. The summed E-state index contributed by atoms with van der Waals surface area (Å²) in [6.07, 6.45) is 2.44. The number of methoxy groups -OCH3 is 1. The summed E-state index contributed by atoms with van der Waals surface area (Å²) >= 11 is 0. The van der Waals surface area contributed by atoms with Gasteiger partial charge in [-0.15, -0.1) is 0 Å². The van der Waals surface area contributed by atoms with E-state index in [0.717, 1.165) is 39.3 Å². The van der Waals surface area contributed by atoms with Crippen LogP contribution >= 0.6 is 0 Å². The molecule has 25 heavy (non-hydrogen) atoms. The van der Waals surface area contributed by atoms with Crippen molar-refractivity contribution in [2.24, 2.45) is 5.92 Å². The normalized spacial score (nSPS) is 20.4. The number of rotatable bonds is 8. The second kappa shape index (κ2) is 8.79. The summed E-state index contributed by atoms with van der Waals surface area (Å²) in [7, 11) is 1.74. The summed E-state index contributed by atoms with van der Waals surface area (Å²) in [4.78, 5) is 17.2. The number of hydrogen-bond donors (Lipinski definition) is 1. The van der Waals surface area contributed by atoms with E-state index in [-0.39, 0.29) is 11.9 Å². The zero-order chi connectivity index (χ0) is 17.6. The zero-order valence-electron chi connectivity index (χ0n) is 15.5. The number of hydrogen-bond acceptors (Lipinski definition) is 4. The number of piperazine rings is 1. The molecule has 0 spiro atoms. The lowest BCUT2D eigenvalue weighted by molar-refractivity contribution is -0.123. The smallest absolute Gasteiger partial charge is 0.234 e. The third-order valence-electron chi connectivity index (χ3n) is 5.29. The van der Waals surface area contributed by atoms with Gasteiger partial charge < -0.3 is 10.1 Å². The fourth-order valence-corrected chi connectivity index (χ4v) is 3.49. The third-order valence-corrected chi connectivity index (χ3v) is 5.29. The van der Waals surface area contributed by atoms with E-state index in [0.29, 0.717) is 12.5 Å². The molecular formula is C20H31N3O2. The van der Waals surface area contributed by atoms with Crippen molar-refractivity contribution in [3.63, 3.8) is 0 Å². The van der Waals surface area contributed by atoms with Crippen LogP contribution < -0.4 is 5.32 Å². The minimum absolute atomic E-state index is 0.155. The SMILES string of the molecule is COCCN1CCN(CC(=O)NC(c2ccc(C)cc2)C2CC2)CC1. The molecule has 1 heterocycles. The van der Waals surface area contributed by atoms with Crippen LogP contribution in [0.2, 0.25) is 0 Å². The number of ether oxygens (including phenoxy) is 1. The molecule has 2 aliphatic rings. The highest BCUT2D eigenvalue weighted by Gasteiger charge is 2.33. The fraction of sp³-hybridized carbons (Fsp3) is 0.650. The van der Waals surface area contributed by atoms with Crippen molar-refractivity contribution in [2.75, 3.05) is 53.0 Å². The van der Waals surface area contributed by atoms with E-state index in [1.165, 1.54) is 24.0 Å². The molecule has 1 saturated carbocycles. The van der Waals surface area contributed by atoms with Gasteiger partial charge in [0.2, 0.25) is 5.91 Å². The van der Waals surface area contributed by atoms with Gasteiger partial charge >= 0.3 is 0 Å². The molecule has 1 saturated heterocycles. The summed E-state index contributed by atoms with van der Waals surface area (Å²) in [6, 6.07) is 8.77. The first kappa shape index (κ1) is 18.4. The van der Waals surface area contributed by atoms with Crippen LogP contribution in [0.4, 0.5) is 0 Å². The van der Waals surface area contributed by atoms with Crippen LogP contribution in [0.25, 0.3) is 0 Å². The van der Waals surface area contributed by atoms with Crippen LogP contribution in [0.3, 0.4) is 0 Å². The molecule has 5 nitrogen and oxygen atoms in total. The van der Waals surface area contributed by atoms with Crippen molar-refractivity contribution < 1.29 is 9.53 Å². The Morgan fingerprint density at radius 2 is 1.80 bits per heavy atom. The lowest BCUT2D eigenvalue weighted by atomic mass is 10.0. The topological polar surface area (TPSA) is 44.8 Å². The molecule has 1 aliphatic carbocycles. The molecule has 1 amide bonds. The second-order valence-electron chi connectivity index (χ2n) is 7.40. The molecule has 138 valence electrons. The van der Waals surface area contributed by atoms with Gasteiger partial charge in [0.05, 0.1) is 19.2 Å². The average molecular weight is 345 g/mol. The minimum atomic E-state index is 0.155. The fourth-order valence-electron chi connectivity index (χ4n) is 3.49. The maximum absolute atomic E-state index is 12.6. The van der Waals surface area contributed by atoms with Gasteiger partial charge in [-0.1, -0.05) is 29.8 Å². The van der Waals surface area contributed by atoms with Crippen LogP contribution in [-0.2, 0) is 9.53 Å². The van der Waals surface area contributed by atoms with Crippen LogP contribution in [0.5, 0.6) is 0 Å². The number of benzene rings is 1. The van der Waals surface area contributed by atoms with Crippen LogP contribution in [0, 0.1) is 12.8 Å². The van der Waals surface area contributed by atoms with Gasteiger partial charge in [0.15, 0.2) is 0 Å². The molecule has 0 aromatic heterocycles. The Morgan fingerprint density at radius 3 is 2.40 bits per heavy atom. The van der Waals surface area contributed by atoms with Crippen molar-refractivity contribution in [3.05, 3.63) is 35.4 Å². The highest BCUT2D eigenvalue weighted by Crippen LogP contribution is 2.41. The highest BCUT2D eigenvalue weighted by atomic mass is 16.5. The molecule has 1 aromatic rings. The largest absolute Gasteiger partial charge is 0.383 e. The number of aryl methyl sites for hydroxylation is 1. The van der Waals surface area contributed by atoms with Gasteiger partial charge in [-0.3, -0.25) is 14.6 Å². The quantitative estimate of drug-likeness (QED) is 0.781. The molecule has 5 heteroatoms. The van der Waals surface area contributed by atoms with Crippen molar-refractivity contribution >= 4 is 5.91 Å². The Kier molecular flexibility index (Phi) is 6.45. The van der Waals surface area contributed by atoms with Gasteiger partial charge in [-0.25, -0.2) is 0 Å². The zero-order valence-corrected chi connectivity index (χ0v) is 15.5. The van der Waals surface area contributed by atoms with Crippen molar-refractivity contribution in [1.82, 2.24) is 15.1 Å². The molecule has 2 fully saturated rings. The highest BCUT2D eigenvalue weighted by molar-refractivity contribution is 5.78. The van der Waals surface area contributed by atoms with Crippen LogP contribution in [0.15, 0.2) is 24.3 Å². The monoisotopic (exact) mass is 345 g/mol. The van der Waals surface area contributed by atoms with Crippen LogP contribution in [0.1, 0.15) is 30.0 Å². The first-order chi connectivity index (χ1) is 12.2. The Labute approximate surface area is 151 Å². The van der Waals surface area contributed by atoms with Gasteiger partial charge in [0.1, 0.15) is 0 Å². The lowest BCUT2D eigenvalue weighted by Crippen LogP contribution is -2.50. The Balaban J connectivity index is 1.47. The van der Waals surface area contributed by atoms with Gasteiger partial charge in [0, 0.05) is 39.8 Å². The molecule has 1 aromatic carbocycles. The molecule has 0 bridgehead atoms. The van der Waals surface area contributed by atoms with Gasteiger partial charge in [-0.2, -0.15) is 0 Å². The number of carbonyl (C=O) groups excluding carboxylic acids is 1. The predicted octanol–water partition coefficient (Wildman–Crippen LogP) is 1.83. The minimum Gasteiger partial charge on any atom is -0.383 e. The second-order valence-corrected chi connectivity index (χ2v) is 7.40. The Morgan fingerprint density at radius 1 is 1.16 bits per heavy atom. The molecule has 1 atom stereocenters. The van der Waals surface area contributed by atoms with E-state index in [2.05, 4.69) is 46.3 Å². The summed E-state index contributed by atoms with van der Waals surface area (Å²) in [6.45, 7) is 8.30.